The van der Waals surface area contributed by atoms with Crippen LogP contribution in [0.5, 0.6) is 0 Å². The number of benzene rings is 2. The second-order valence-corrected chi connectivity index (χ2v) is 22.1. The molecule has 6 saturated carbocycles. The van der Waals surface area contributed by atoms with E-state index in [9.17, 15) is 29.7 Å². The van der Waals surface area contributed by atoms with E-state index in [2.05, 4.69) is 72.8 Å². The number of hydrogen-bond acceptors (Lipinski definition) is 9. The van der Waals surface area contributed by atoms with Gasteiger partial charge in [-0.1, -0.05) is 48.5 Å². The first-order chi connectivity index (χ1) is 28.5. The van der Waals surface area contributed by atoms with E-state index in [-0.39, 0.29) is 22.5 Å². The summed E-state index contributed by atoms with van der Waals surface area (Å²) in [4.78, 5) is 39.5. The molecule has 59 heavy (non-hydrogen) atoms. The number of rotatable bonds is 21. The van der Waals surface area contributed by atoms with Gasteiger partial charge in [-0.2, -0.15) is 0 Å². The lowest BCUT2D eigenvalue weighted by molar-refractivity contribution is -0.661. The summed E-state index contributed by atoms with van der Waals surface area (Å²) < 4.78 is 0. The minimum Gasteiger partial charge on any atom is -0.481 e. The predicted octanol–water partition coefficient (Wildman–Crippen LogP) is 4.21. The Morgan fingerprint density at radius 3 is 2.14 bits per heavy atom. The standard InChI is InChI=1S/C46H60N5O6SSi/c52-41(53)32(30-7-10-47-21-30)19-45-37-35-38-36(37)40(45)46(38,39(35)45)25-51(23-29-6-2-4-27(16-29)18-34(58-43(56)57)31-8-11-48-22-31)14-13-49-20-28-5-1-3-26(15-28)17-33(42(54)55)44(59)9-12-50-24-44/h1-6,15-16,30-40,47-50H,7-14,17-25H2,(H,52,53)(H,54,55)(H,56,57)/t30-,31-,32-,33+,34-,35?,36?,37?,38?,39?,40?,44+,45?,46?/m0/s1. The summed E-state index contributed by atoms with van der Waals surface area (Å²) in [7, 11) is 3.85. The lowest BCUT2D eigenvalue weighted by Gasteiger charge is -3.12. The van der Waals surface area contributed by atoms with Crippen molar-refractivity contribution in [1.82, 2.24) is 26.2 Å². The number of carbonyl (C=O) groups is 3. The fourth-order valence-electron chi connectivity index (χ4n) is 15.2. The highest BCUT2D eigenvalue weighted by atomic mass is 32.2. The van der Waals surface area contributed by atoms with Crippen molar-refractivity contribution in [3.05, 3.63) is 70.8 Å². The van der Waals surface area contributed by atoms with Crippen molar-refractivity contribution in [3.63, 3.8) is 0 Å². The molecule has 6 aliphatic carbocycles. The molecule has 3 aliphatic heterocycles. The molecule has 0 aromatic heterocycles. The van der Waals surface area contributed by atoms with Gasteiger partial charge in [0.1, 0.15) is 0 Å². The van der Waals surface area contributed by atoms with Gasteiger partial charge in [0.15, 0.2) is 0 Å². The van der Waals surface area contributed by atoms with Crippen LogP contribution < -0.4 is 21.3 Å². The Kier molecular flexibility index (Phi) is 10.6. The van der Waals surface area contributed by atoms with Crippen LogP contribution in [0.1, 0.15) is 47.9 Å². The second-order valence-electron chi connectivity index (χ2n) is 19.9. The Morgan fingerprint density at radius 1 is 0.831 bits per heavy atom. The molecular weight excluding hydrogens is 779 g/mol. The van der Waals surface area contributed by atoms with Gasteiger partial charge in [0.2, 0.25) is 0 Å². The number of carboxylic acid groups (broad SMARTS) is 3. The van der Waals surface area contributed by atoms with Crippen molar-refractivity contribution in [2.75, 3.05) is 58.9 Å². The zero-order valence-electron chi connectivity index (χ0n) is 33.9. The molecule has 315 valence electrons. The van der Waals surface area contributed by atoms with Crippen molar-refractivity contribution in [2.24, 2.45) is 70.0 Å². The van der Waals surface area contributed by atoms with Gasteiger partial charge in [-0.3, -0.25) is 14.5 Å². The van der Waals surface area contributed by atoms with E-state index in [0.29, 0.717) is 42.7 Å². The number of thioether (sulfide) groups is 1. The van der Waals surface area contributed by atoms with Crippen LogP contribution in [-0.2, 0) is 35.5 Å². The second kappa shape index (κ2) is 15.5. The Bertz CT molecular complexity index is 1930. The van der Waals surface area contributed by atoms with Crippen LogP contribution in [0.4, 0.5) is 4.79 Å². The fourth-order valence-corrected chi connectivity index (χ4v) is 16.6. The Morgan fingerprint density at radius 2 is 1.49 bits per heavy atom. The number of carboxylic acids is 2. The van der Waals surface area contributed by atoms with Gasteiger partial charge in [0, 0.05) is 48.2 Å². The summed E-state index contributed by atoms with van der Waals surface area (Å²) in [6, 6.07) is 17.2. The summed E-state index contributed by atoms with van der Waals surface area (Å²) in [5.41, 5.74) is 5.27. The molecular formula is C46H60N5O6SSi. The summed E-state index contributed by atoms with van der Waals surface area (Å²) in [5.74, 6) is 3.14. The highest BCUT2D eigenvalue weighted by Gasteiger charge is 3.09. The topological polar surface area (TPSA) is 163 Å². The summed E-state index contributed by atoms with van der Waals surface area (Å²) in [6.07, 6.45) is 4.88. The molecule has 0 spiro atoms. The van der Waals surface area contributed by atoms with E-state index in [0.717, 1.165) is 138 Å². The molecule has 3 saturated heterocycles. The highest BCUT2D eigenvalue weighted by Crippen LogP contribution is 3.11. The average Bonchev–Trinajstić information content (AvgIpc) is 4.02. The molecule has 7 N–H and O–H groups in total. The number of nitrogens with one attached hydrogen (secondary N) is 4. The minimum absolute atomic E-state index is 0.0313. The van der Waals surface area contributed by atoms with Crippen LogP contribution >= 0.6 is 11.8 Å². The Balaban J connectivity index is 0.825. The third-order valence-corrected chi connectivity index (χ3v) is 19.1. The lowest BCUT2D eigenvalue weighted by Crippen LogP contribution is -3.10. The van der Waals surface area contributed by atoms with E-state index in [1.807, 2.05) is 12.1 Å². The molecule has 2 aromatic rings. The van der Waals surface area contributed by atoms with Crippen LogP contribution in [0.2, 0.25) is 5.04 Å². The van der Waals surface area contributed by atoms with Crippen LogP contribution in [0.15, 0.2) is 48.5 Å². The molecule has 13 heteroatoms. The van der Waals surface area contributed by atoms with Crippen molar-refractivity contribution in [2.45, 2.75) is 61.9 Å². The van der Waals surface area contributed by atoms with Gasteiger partial charge >= 0.3 is 17.2 Å². The first-order valence-electron chi connectivity index (χ1n) is 22.3. The van der Waals surface area contributed by atoms with Crippen molar-refractivity contribution in [3.8, 4) is 0 Å². The van der Waals surface area contributed by atoms with Gasteiger partial charge in [-0.25, -0.2) is 4.79 Å². The van der Waals surface area contributed by atoms with Gasteiger partial charge in [-0.15, -0.1) is 0 Å². The fraction of sp³-hybridized carbons (Fsp3) is 0.674. The number of nitrogens with zero attached hydrogens (tertiary/aromatic N) is 1. The van der Waals surface area contributed by atoms with Crippen molar-refractivity contribution < 1.29 is 29.7 Å². The Labute approximate surface area is 355 Å². The first-order valence-corrected chi connectivity index (χ1v) is 23.7. The molecule has 11 rings (SSSR count). The largest absolute Gasteiger partial charge is 0.481 e. The third kappa shape index (κ3) is 6.49. The van der Waals surface area contributed by atoms with Gasteiger partial charge in [0.25, 0.3) is 0 Å². The van der Waals surface area contributed by atoms with Crippen molar-refractivity contribution in [1.29, 1.82) is 0 Å². The minimum atomic E-state index is -0.803. The van der Waals surface area contributed by atoms with E-state index >= 15 is 0 Å². The van der Waals surface area contributed by atoms with Crippen LogP contribution in [0.25, 0.3) is 0 Å². The van der Waals surface area contributed by atoms with E-state index in [1.165, 1.54) is 11.1 Å². The summed E-state index contributed by atoms with van der Waals surface area (Å²) >= 11 is 1.07. The Hall–Kier alpha value is -2.78. The molecule has 3 heterocycles. The van der Waals surface area contributed by atoms with E-state index in [1.54, 1.807) is 0 Å². The average molecular weight is 839 g/mol. The summed E-state index contributed by atoms with van der Waals surface area (Å²) in [5, 5.41) is 42.9. The van der Waals surface area contributed by atoms with Crippen LogP contribution in [0.3, 0.4) is 0 Å². The van der Waals surface area contributed by atoms with Crippen molar-refractivity contribution >= 4 is 39.2 Å². The number of hydrogen-bond donors (Lipinski definition) is 7. The van der Waals surface area contributed by atoms with Crippen LogP contribution in [-0.4, -0.2) is 112 Å². The zero-order chi connectivity index (χ0) is 40.7. The molecule has 2 aromatic carbocycles. The lowest BCUT2D eigenvalue weighted by atomic mass is 8.91. The van der Waals surface area contributed by atoms with Gasteiger partial charge < -0.3 is 36.6 Å². The third-order valence-electron chi connectivity index (χ3n) is 17.3. The van der Waals surface area contributed by atoms with Crippen LogP contribution in [0, 0.1) is 70.0 Å². The van der Waals surface area contributed by atoms with Gasteiger partial charge in [-0.05, 0) is 175 Å². The molecule has 4 unspecified atom stereocenters. The normalized spacial score (nSPS) is 38.0. The monoisotopic (exact) mass is 838 g/mol. The van der Waals surface area contributed by atoms with E-state index < -0.39 is 28.2 Å². The zero-order valence-corrected chi connectivity index (χ0v) is 35.7. The first kappa shape index (κ1) is 40.3. The predicted molar refractivity (Wildman–Crippen MR) is 227 cm³/mol. The molecule has 9 aliphatic rings. The molecule has 3 radical (unpaired) electrons. The molecule has 10 atom stereocenters. The maximum absolute atomic E-state index is 12.6. The maximum Gasteiger partial charge on any atom is 0.365 e. The van der Waals surface area contributed by atoms with Gasteiger partial charge in [0.05, 0.1) is 11.8 Å². The SMILES string of the molecule is O=C(O)S[C@@H](Cc1cccc(CN(CCNCc2cccc(C[C@H](C(=O)O)[C@@]3([Si])CCNC3)c2)CC23C4C5C6C4C2C6(C[C@H](C(=O)O)[C@H]2CCNC2)C53)c1)[C@H]1CCNC1. The molecule has 0 bridgehead atoms. The quantitative estimate of drug-likeness (QED) is 0.0710. The highest BCUT2D eigenvalue weighted by molar-refractivity contribution is 8.13. The molecule has 0 amide bonds. The van der Waals surface area contributed by atoms with E-state index in [4.69, 9.17) is 0 Å². The summed E-state index contributed by atoms with van der Waals surface area (Å²) in [6.45, 7) is 9.35. The maximum atomic E-state index is 12.6. The molecule has 11 nitrogen and oxygen atoms in total. The smallest absolute Gasteiger partial charge is 0.365 e. The molecule has 9 fully saturated rings. The number of aliphatic carboxylic acids is 2.